The molecule has 2 aromatic carbocycles. The Kier molecular flexibility index (Phi) is 6.42. The summed E-state index contributed by atoms with van der Waals surface area (Å²) >= 11 is 0. The second-order valence-corrected chi connectivity index (χ2v) is 5.46. The van der Waals surface area contributed by atoms with Gasteiger partial charge in [-0.1, -0.05) is 49.4 Å². The Morgan fingerprint density at radius 1 is 0.952 bits per heavy atom. The van der Waals surface area contributed by atoms with Crippen LogP contribution in [-0.2, 0) is 12.8 Å². The van der Waals surface area contributed by atoms with Crippen molar-refractivity contribution in [2.75, 3.05) is 6.54 Å². The summed E-state index contributed by atoms with van der Waals surface area (Å²) < 4.78 is 12.9. The minimum Gasteiger partial charge on any atom is -0.314 e. The molecule has 2 rings (SSSR count). The van der Waals surface area contributed by atoms with E-state index < -0.39 is 0 Å². The molecule has 2 aromatic rings. The second kappa shape index (κ2) is 8.58. The normalized spacial score (nSPS) is 12.3. The van der Waals surface area contributed by atoms with Crippen LogP contribution in [0.25, 0.3) is 0 Å². The van der Waals surface area contributed by atoms with E-state index in [9.17, 15) is 4.39 Å². The minimum atomic E-state index is -0.164. The van der Waals surface area contributed by atoms with Gasteiger partial charge in [-0.3, -0.25) is 0 Å². The molecule has 0 bridgehead atoms. The van der Waals surface area contributed by atoms with Crippen LogP contribution in [0.2, 0.25) is 0 Å². The molecule has 0 aliphatic rings. The Labute approximate surface area is 127 Å². The molecule has 1 nitrogen and oxygen atoms in total. The van der Waals surface area contributed by atoms with Crippen molar-refractivity contribution < 1.29 is 4.39 Å². The lowest BCUT2D eigenvalue weighted by atomic mass is 9.99. The number of benzene rings is 2. The van der Waals surface area contributed by atoms with Gasteiger partial charge in [-0.05, 0) is 55.5 Å². The third-order valence-corrected chi connectivity index (χ3v) is 3.75. The summed E-state index contributed by atoms with van der Waals surface area (Å²) in [4.78, 5) is 0. The maximum absolute atomic E-state index is 12.9. The molecule has 1 N–H and O–H groups in total. The van der Waals surface area contributed by atoms with Crippen molar-refractivity contribution in [1.29, 1.82) is 0 Å². The third-order valence-electron chi connectivity index (χ3n) is 3.75. The van der Waals surface area contributed by atoms with Gasteiger partial charge in [0.25, 0.3) is 0 Å². The molecule has 0 saturated heterocycles. The standard InChI is InChI=1S/C19H24FN/c1-2-21-19(15-17-11-13-18(20)14-12-17)10-6-9-16-7-4-3-5-8-16/h3-5,7-8,11-14,19,21H,2,6,9-10,15H2,1H3. The molecule has 0 aromatic heterocycles. The molecule has 1 atom stereocenters. The molecule has 0 aliphatic heterocycles. The molecule has 0 fully saturated rings. The van der Waals surface area contributed by atoms with Crippen LogP contribution < -0.4 is 5.32 Å². The van der Waals surface area contributed by atoms with Crippen LogP contribution in [0.4, 0.5) is 4.39 Å². The lowest BCUT2D eigenvalue weighted by molar-refractivity contribution is 0.476. The van der Waals surface area contributed by atoms with E-state index in [0.717, 1.165) is 25.8 Å². The SMILES string of the molecule is CCNC(CCCc1ccccc1)Cc1ccc(F)cc1. The lowest BCUT2D eigenvalue weighted by Gasteiger charge is -2.18. The summed E-state index contributed by atoms with van der Waals surface area (Å²) in [6, 6.07) is 17.9. The zero-order valence-electron chi connectivity index (χ0n) is 12.7. The molecule has 0 amide bonds. The zero-order chi connectivity index (χ0) is 14.9. The van der Waals surface area contributed by atoms with E-state index in [-0.39, 0.29) is 5.82 Å². The highest BCUT2D eigenvalue weighted by Gasteiger charge is 2.08. The molecule has 112 valence electrons. The number of halogens is 1. The van der Waals surface area contributed by atoms with E-state index in [0.29, 0.717) is 6.04 Å². The number of nitrogens with one attached hydrogen (secondary N) is 1. The summed E-state index contributed by atoms with van der Waals surface area (Å²) in [5.41, 5.74) is 2.59. The molecule has 21 heavy (non-hydrogen) atoms. The van der Waals surface area contributed by atoms with Crippen molar-refractivity contribution in [3.63, 3.8) is 0 Å². The highest BCUT2D eigenvalue weighted by molar-refractivity contribution is 5.17. The van der Waals surface area contributed by atoms with Gasteiger partial charge in [0.05, 0.1) is 0 Å². The fourth-order valence-electron chi connectivity index (χ4n) is 2.67. The fourth-order valence-corrected chi connectivity index (χ4v) is 2.67. The molecule has 0 spiro atoms. The van der Waals surface area contributed by atoms with E-state index >= 15 is 0 Å². The number of aryl methyl sites for hydroxylation is 1. The molecule has 2 heteroatoms. The van der Waals surface area contributed by atoms with Crippen LogP contribution in [0, 0.1) is 5.82 Å². The Bertz CT molecular complexity index is 507. The van der Waals surface area contributed by atoms with Crippen LogP contribution >= 0.6 is 0 Å². The monoisotopic (exact) mass is 285 g/mol. The Balaban J connectivity index is 1.82. The number of hydrogen-bond acceptors (Lipinski definition) is 1. The summed E-state index contributed by atoms with van der Waals surface area (Å²) in [7, 11) is 0. The first-order valence-corrected chi connectivity index (χ1v) is 7.79. The van der Waals surface area contributed by atoms with Crippen molar-refractivity contribution in [2.45, 2.75) is 38.6 Å². The lowest BCUT2D eigenvalue weighted by Crippen LogP contribution is -2.31. The van der Waals surface area contributed by atoms with Gasteiger partial charge in [0, 0.05) is 6.04 Å². The van der Waals surface area contributed by atoms with E-state index in [1.807, 2.05) is 12.1 Å². The fraction of sp³-hybridized carbons (Fsp3) is 0.368. The van der Waals surface area contributed by atoms with Gasteiger partial charge >= 0.3 is 0 Å². The van der Waals surface area contributed by atoms with Gasteiger partial charge in [0.15, 0.2) is 0 Å². The molecule has 0 heterocycles. The second-order valence-electron chi connectivity index (χ2n) is 5.46. The quantitative estimate of drug-likeness (QED) is 0.759. The topological polar surface area (TPSA) is 12.0 Å². The van der Waals surface area contributed by atoms with E-state index in [4.69, 9.17) is 0 Å². The van der Waals surface area contributed by atoms with E-state index in [1.54, 1.807) is 12.1 Å². The third kappa shape index (κ3) is 5.68. The van der Waals surface area contributed by atoms with Crippen LogP contribution in [0.5, 0.6) is 0 Å². The minimum absolute atomic E-state index is 0.164. The first-order valence-electron chi connectivity index (χ1n) is 7.79. The molecule has 1 unspecified atom stereocenters. The van der Waals surface area contributed by atoms with Crippen molar-refractivity contribution in [3.8, 4) is 0 Å². The number of rotatable bonds is 8. The molecule has 0 radical (unpaired) electrons. The van der Waals surface area contributed by atoms with Gasteiger partial charge < -0.3 is 5.32 Å². The number of likely N-dealkylation sites (N-methyl/N-ethyl adjacent to an activating group) is 1. The van der Waals surface area contributed by atoms with Gasteiger partial charge in [-0.15, -0.1) is 0 Å². The Hall–Kier alpha value is -1.67. The van der Waals surface area contributed by atoms with Gasteiger partial charge in [-0.25, -0.2) is 4.39 Å². The maximum atomic E-state index is 12.9. The van der Waals surface area contributed by atoms with E-state index in [2.05, 4.69) is 42.6 Å². The molecular weight excluding hydrogens is 261 g/mol. The van der Waals surface area contributed by atoms with Crippen molar-refractivity contribution in [1.82, 2.24) is 5.32 Å². The van der Waals surface area contributed by atoms with Crippen LogP contribution in [-0.4, -0.2) is 12.6 Å². The Morgan fingerprint density at radius 2 is 1.67 bits per heavy atom. The molecular formula is C19H24FN. The van der Waals surface area contributed by atoms with Crippen LogP contribution in [0.1, 0.15) is 30.9 Å². The van der Waals surface area contributed by atoms with Crippen LogP contribution in [0.3, 0.4) is 0 Å². The van der Waals surface area contributed by atoms with Crippen molar-refractivity contribution in [2.24, 2.45) is 0 Å². The largest absolute Gasteiger partial charge is 0.314 e. The highest BCUT2D eigenvalue weighted by atomic mass is 19.1. The average molecular weight is 285 g/mol. The summed E-state index contributed by atoms with van der Waals surface area (Å²) in [5, 5.41) is 3.54. The summed E-state index contributed by atoms with van der Waals surface area (Å²) in [5.74, 6) is -0.164. The zero-order valence-corrected chi connectivity index (χ0v) is 12.7. The van der Waals surface area contributed by atoms with Crippen molar-refractivity contribution in [3.05, 3.63) is 71.5 Å². The van der Waals surface area contributed by atoms with Gasteiger partial charge in [-0.2, -0.15) is 0 Å². The highest BCUT2D eigenvalue weighted by Crippen LogP contribution is 2.11. The maximum Gasteiger partial charge on any atom is 0.123 e. The Morgan fingerprint density at radius 3 is 2.33 bits per heavy atom. The van der Waals surface area contributed by atoms with E-state index in [1.165, 1.54) is 17.5 Å². The van der Waals surface area contributed by atoms with Gasteiger partial charge in [0.1, 0.15) is 5.82 Å². The summed E-state index contributed by atoms with van der Waals surface area (Å²) in [6.45, 7) is 3.10. The molecule has 0 saturated carbocycles. The first kappa shape index (κ1) is 15.7. The average Bonchev–Trinajstić information content (AvgIpc) is 2.51. The predicted octanol–water partition coefficient (Wildman–Crippen LogP) is 4.37. The predicted molar refractivity (Wildman–Crippen MR) is 86.9 cm³/mol. The summed E-state index contributed by atoms with van der Waals surface area (Å²) in [6.07, 6.45) is 4.39. The molecule has 0 aliphatic carbocycles. The number of hydrogen-bond donors (Lipinski definition) is 1. The smallest absolute Gasteiger partial charge is 0.123 e. The van der Waals surface area contributed by atoms with Crippen LogP contribution in [0.15, 0.2) is 54.6 Å². The van der Waals surface area contributed by atoms with Gasteiger partial charge in [0.2, 0.25) is 0 Å². The van der Waals surface area contributed by atoms with Crippen molar-refractivity contribution >= 4 is 0 Å². The first-order chi connectivity index (χ1) is 10.3.